The maximum Gasteiger partial charge on any atom is 0.246 e. The number of carbonyl (C=O) groups excluding carboxylic acids is 2. The molecule has 2 aromatic rings. The third-order valence-corrected chi connectivity index (χ3v) is 5.09. The number of nitrogens with one attached hydrogen (secondary N) is 1. The monoisotopic (exact) mass is 402 g/mol. The van der Waals surface area contributed by atoms with E-state index < -0.39 is 0 Å². The summed E-state index contributed by atoms with van der Waals surface area (Å²) < 4.78 is 10.7. The number of hydrogen-bond donors (Lipinski definition) is 1. The second-order valence-corrected chi connectivity index (χ2v) is 7.31. The molecule has 1 saturated heterocycles. The largest absolute Gasteiger partial charge is 0.497 e. The van der Waals surface area contributed by atoms with Crippen LogP contribution in [0, 0.1) is 0 Å². The molecule has 28 heavy (non-hydrogen) atoms. The van der Waals surface area contributed by atoms with Gasteiger partial charge in [0.1, 0.15) is 16.9 Å². The first-order valence-electron chi connectivity index (χ1n) is 8.87. The summed E-state index contributed by atoms with van der Waals surface area (Å²) in [6.07, 6.45) is 4.98. The molecule has 0 spiro atoms. The van der Waals surface area contributed by atoms with Crippen molar-refractivity contribution in [2.75, 3.05) is 32.6 Å². The van der Waals surface area contributed by atoms with Gasteiger partial charge in [0.25, 0.3) is 0 Å². The van der Waals surface area contributed by atoms with Gasteiger partial charge in [0.15, 0.2) is 0 Å². The number of nitrogens with zero attached hydrogens (tertiary/aromatic N) is 3. The Balaban J connectivity index is 1.50. The summed E-state index contributed by atoms with van der Waals surface area (Å²) in [5.41, 5.74) is 0.834. The van der Waals surface area contributed by atoms with Gasteiger partial charge in [-0.05, 0) is 36.6 Å². The zero-order chi connectivity index (χ0) is 19.9. The molecule has 8 nitrogen and oxygen atoms in total. The first-order valence-corrected chi connectivity index (χ1v) is 9.69. The predicted octanol–water partition coefficient (Wildman–Crippen LogP) is 2.51. The molecule has 1 atom stereocenters. The molecule has 0 radical (unpaired) electrons. The van der Waals surface area contributed by atoms with Gasteiger partial charge in [0.05, 0.1) is 13.7 Å². The number of methoxy groups -OCH3 is 1. The fourth-order valence-corrected chi connectivity index (χ4v) is 3.52. The highest BCUT2D eigenvalue weighted by Crippen LogP contribution is 2.31. The van der Waals surface area contributed by atoms with Crippen molar-refractivity contribution in [2.24, 2.45) is 0 Å². The third kappa shape index (κ3) is 5.37. The molecule has 148 valence electrons. The quantitative estimate of drug-likeness (QED) is 0.715. The lowest BCUT2D eigenvalue weighted by molar-refractivity contribution is -0.129. The first-order chi connectivity index (χ1) is 13.5. The van der Waals surface area contributed by atoms with Crippen molar-refractivity contribution in [3.8, 4) is 5.75 Å². The van der Waals surface area contributed by atoms with E-state index in [9.17, 15) is 9.59 Å². The van der Waals surface area contributed by atoms with Gasteiger partial charge >= 0.3 is 0 Å². The van der Waals surface area contributed by atoms with Crippen LogP contribution in [0.4, 0.5) is 5.13 Å². The lowest BCUT2D eigenvalue weighted by Gasteiger charge is -2.13. The minimum atomic E-state index is -0.333. The molecule has 2 amide bonds. The molecule has 1 aliphatic heterocycles. The number of ether oxygens (including phenoxy) is 2. The topological polar surface area (TPSA) is 93.7 Å². The van der Waals surface area contributed by atoms with Crippen LogP contribution in [-0.4, -0.2) is 54.2 Å². The molecule has 0 saturated carbocycles. The maximum absolute atomic E-state index is 12.2. The molecule has 1 fully saturated rings. The van der Waals surface area contributed by atoms with Crippen LogP contribution in [0.15, 0.2) is 30.3 Å². The molecule has 1 aliphatic rings. The molecular formula is C19H22N4O4S. The number of benzene rings is 1. The fourth-order valence-electron chi connectivity index (χ4n) is 2.68. The van der Waals surface area contributed by atoms with Gasteiger partial charge in [0, 0.05) is 19.7 Å². The summed E-state index contributed by atoms with van der Waals surface area (Å²) in [6.45, 7) is 0.637. The Morgan fingerprint density at radius 3 is 3.04 bits per heavy atom. The number of aromatic nitrogens is 2. The highest BCUT2D eigenvalue weighted by Gasteiger charge is 2.22. The Bertz CT molecular complexity index is 861. The highest BCUT2D eigenvalue weighted by atomic mass is 32.1. The third-order valence-electron chi connectivity index (χ3n) is 4.16. The first kappa shape index (κ1) is 20.0. The summed E-state index contributed by atoms with van der Waals surface area (Å²) in [4.78, 5) is 25.7. The summed E-state index contributed by atoms with van der Waals surface area (Å²) in [5.74, 6) is 0.0951. The van der Waals surface area contributed by atoms with Gasteiger partial charge in [-0.1, -0.05) is 23.5 Å². The van der Waals surface area contributed by atoms with E-state index in [0.717, 1.165) is 30.0 Å². The minimum Gasteiger partial charge on any atom is -0.497 e. The number of anilines is 1. The molecule has 1 N–H and O–H groups in total. The Labute approximate surface area is 167 Å². The maximum atomic E-state index is 12.2. The molecular weight excluding hydrogens is 380 g/mol. The predicted molar refractivity (Wildman–Crippen MR) is 106 cm³/mol. The van der Waals surface area contributed by atoms with Crippen LogP contribution in [0.3, 0.4) is 0 Å². The van der Waals surface area contributed by atoms with Gasteiger partial charge in [-0.15, -0.1) is 10.2 Å². The zero-order valence-corrected chi connectivity index (χ0v) is 16.6. The molecule has 3 rings (SSSR count). The molecule has 0 bridgehead atoms. The molecule has 0 aliphatic carbocycles. The van der Waals surface area contributed by atoms with Crippen LogP contribution >= 0.6 is 11.3 Å². The fraction of sp³-hybridized carbons (Fsp3) is 0.368. The Hall–Kier alpha value is -2.78. The van der Waals surface area contributed by atoms with Crippen molar-refractivity contribution in [2.45, 2.75) is 18.9 Å². The molecule has 1 aromatic heterocycles. The van der Waals surface area contributed by atoms with Crippen LogP contribution in [0.25, 0.3) is 6.08 Å². The van der Waals surface area contributed by atoms with E-state index in [2.05, 4.69) is 15.5 Å². The van der Waals surface area contributed by atoms with Crippen LogP contribution in [0.2, 0.25) is 0 Å². The molecule has 9 heteroatoms. The summed E-state index contributed by atoms with van der Waals surface area (Å²) in [5, 5.41) is 11.9. The number of rotatable bonds is 7. The normalized spacial score (nSPS) is 16.3. The van der Waals surface area contributed by atoms with Gasteiger partial charge in [-0.25, -0.2) is 0 Å². The molecule has 1 aromatic carbocycles. The molecule has 1 unspecified atom stereocenters. The Morgan fingerprint density at radius 2 is 2.29 bits per heavy atom. The van der Waals surface area contributed by atoms with Gasteiger partial charge in [0.2, 0.25) is 16.9 Å². The van der Waals surface area contributed by atoms with E-state index in [1.54, 1.807) is 20.2 Å². The van der Waals surface area contributed by atoms with Crippen molar-refractivity contribution in [3.63, 3.8) is 0 Å². The summed E-state index contributed by atoms with van der Waals surface area (Å²) in [7, 11) is 3.15. The highest BCUT2D eigenvalue weighted by molar-refractivity contribution is 7.15. The number of amides is 2. The van der Waals surface area contributed by atoms with E-state index in [0.29, 0.717) is 10.9 Å². The standard InChI is InChI=1S/C19H22N4O4S/c1-23(17(25)9-8-13-5-3-6-14(11-13)26-2)12-16(24)20-19-22-21-18(28-19)15-7-4-10-27-15/h3,5-6,8-9,11,15H,4,7,10,12H2,1-2H3,(H,20,22,24)/b9-8+. The average Bonchev–Trinajstić information content (AvgIpc) is 3.37. The molecule has 2 heterocycles. The van der Waals surface area contributed by atoms with Crippen molar-refractivity contribution < 1.29 is 19.1 Å². The van der Waals surface area contributed by atoms with Crippen LogP contribution in [0.1, 0.15) is 29.5 Å². The van der Waals surface area contributed by atoms with E-state index in [-0.39, 0.29) is 24.5 Å². The summed E-state index contributed by atoms with van der Waals surface area (Å²) in [6, 6.07) is 7.35. The van der Waals surface area contributed by atoms with E-state index in [1.165, 1.54) is 22.3 Å². The van der Waals surface area contributed by atoms with Gasteiger partial charge in [-0.3, -0.25) is 14.9 Å². The lowest BCUT2D eigenvalue weighted by Crippen LogP contribution is -2.33. The second-order valence-electron chi connectivity index (χ2n) is 6.30. The zero-order valence-electron chi connectivity index (χ0n) is 15.8. The Morgan fingerprint density at radius 1 is 1.43 bits per heavy atom. The average molecular weight is 402 g/mol. The minimum absolute atomic E-state index is 0.0332. The smallest absolute Gasteiger partial charge is 0.246 e. The summed E-state index contributed by atoms with van der Waals surface area (Å²) >= 11 is 1.30. The van der Waals surface area contributed by atoms with E-state index >= 15 is 0 Å². The van der Waals surface area contributed by atoms with Crippen LogP contribution in [0.5, 0.6) is 5.75 Å². The van der Waals surface area contributed by atoms with Crippen molar-refractivity contribution >= 4 is 34.4 Å². The van der Waals surface area contributed by atoms with E-state index in [1.807, 2.05) is 24.3 Å². The number of likely N-dealkylation sites (N-methyl/N-ethyl adjacent to an activating group) is 1. The van der Waals surface area contributed by atoms with Crippen LogP contribution < -0.4 is 10.1 Å². The number of carbonyl (C=O) groups is 2. The van der Waals surface area contributed by atoms with Gasteiger partial charge < -0.3 is 14.4 Å². The van der Waals surface area contributed by atoms with Crippen molar-refractivity contribution in [1.82, 2.24) is 15.1 Å². The number of hydrogen-bond acceptors (Lipinski definition) is 7. The van der Waals surface area contributed by atoms with Gasteiger partial charge in [-0.2, -0.15) is 0 Å². The Kier molecular flexibility index (Phi) is 6.72. The van der Waals surface area contributed by atoms with Crippen molar-refractivity contribution in [3.05, 3.63) is 40.9 Å². The second kappa shape index (κ2) is 9.43. The SMILES string of the molecule is COc1cccc(/C=C/C(=O)N(C)CC(=O)Nc2nnc(C3CCCO3)s2)c1. The van der Waals surface area contributed by atoms with Crippen molar-refractivity contribution in [1.29, 1.82) is 0 Å². The lowest BCUT2D eigenvalue weighted by atomic mass is 10.2. The van der Waals surface area contributed by atoms with E-state index in [4.69, 9.17) is 9.47 Å². The van der Waals surface area contributed by atoms with Crippen LogP contribution in [-0.2, 0) is 14.3 Å².